The standard InChI is InChI=1S/C15H21N3O3/c1-15(2)14(20)18(9-8-16-15)10-13(19)17-11-4-6-12(21-3)7-5-11/h4-7,16H,8-10H2,1-3H3,(H,17,19). The minimum absolute atomic E-state index is 0.0568. The van der Waals surface area contributed by atoms with Crippen LogP contribution in [-0.4, -0.2) is 49.0 Å². The fourth-order valence-corrected chi connectivity index (χ4v) is 2.27. The lowest BCUT2D eigenvalue weighted by Crippen LogP contribution is -2.62. The van der Waals surface area contributed by atoms with Gasteiger partial charge in [0.2, 0.25) is 11.8 Å². The smallest absolute Gasteiger partial charge is 0.243 e. The van der Waals surface area contributed by atoms with E-state index in [1.807, 2.05) is 13.8 Å². The van der Waals surface area contributed by atoms with Crippen LogP contribution in [0.1, 0.15) is 13.8 Å². The van der Waals surface area contributed by atoms with Crippen LogP contribution in [0.4, 0.5) is 5.69 Å². The molecule has 21 heavy (non-hydrogen) atoms. The molecule has 1 saturated heterocycles. The molecule has 0 radical (unpaired) electrons. The van der Waals surface area contributed by atoms with Gasteiger partial charge >= 0.3 is 0 Å². The second kappa shape index (κ2) is 6.13. The number of hydrogen-bond acceptors (Lipinski definition) is 4. The van der Waals surface area contributed by atoms with Crippen LogP contribution >= 0.6 is 0 Å². The number of amides is 2. The van der Waals surface area contributed by atoms with E-state index in [-0.39, 0.29) is 18.4 Å². The number of methoxy groups -OCH3 is 1. The molecule has 0 bridgehead atoms. The van der Waals surface area contributed by atoms with E-state index in [2.05, 4.69) is 10.6 Å². The Hall–Kier alpha value is -2.08. The van der Waals surface area contributed by atoms with Gasteiger partial charge in [0.05, 0.1) is 19.2 Å². The maximum Gasteiger partial charge on any atom is 0.243 e. The normalized spacial score (nSPS) is 17.5. The lowest BCUT2D eigenvalue weighted by Gasteiger charge is -2.37. The summed E-state index contributed by atoms with van der Waals surface area (Å²) in [5.74, 6) is 0.469. The Balaban J connectivity index is 1.93. The first-order chi connectivity index (χ1) is 9.92. The third kappa shape index (κ3) is 3.72. The zero-order valence-electron chi connectivity index (χ0n) is 12.6. The zero-order valence-corrected chi connectivity index (χ0v) is 12.6. The number of nitrogens with one attached hydrogen (secondary N) is 2. The molecule has 1 heterocycles. The summed E-state index contributed by atoms with van der Waals surface area (Å²) in [6.45, 7) is 4.94. The van der Waals surface area contributed by atoms with Gasteiger partial charge in [-0.05, 0) is 38.1 Å². The van der Waals surface area contributed by atoms with Gasteiger partial charge in [0.1, 0.15) is 5.75 Å². The third-order valence-electron chi connectivity index (χ3n) is 3.48. The van der Waals surface area contributed by atoms with Gasteiger partial charge in [-0.2, -0.15) is 0 Å². The molecule has 1 fully saturated rings. The minimum Gasteiger partial charge on any atom is -0.497 e. The molecule has 0 unspecified atom stereocenters. The summed E-state index contributed by atoms with van der Waals surface area (Å²) in [6, 6.07) is 7.07. The van der Waals surface area contributed by atoms with Gasteiger partial charge in [-0.25, -0.2) is 0 Å². The zero-order chi connectivity index (χ0) is 15.5. The SMILES string of the molecule is COc1ccc(NC(=O)CN2CCNC(C)(C)C2=O)cc1. The molecule has 2 rings (SSSR count). The van der Waals surface area contributed by atoms with Crippen molar-refractivity contribution in [3.05, 3.63) is 24.3 Å². The summed E-state index contributed by atoms with van der Waals surface area (Å²) >= 11 is 0. The number of ether oxygens (including phenoxy) is 1. The molecular formula is C15H21N3O3. The van der Waals surface area contributed by atoms with Gasteiger partial charge in [0, 0.05) is 18.8 Å². The van der Waals surface area contributed by atoms with E-state index in [0.717, 1.165) is 5.75 Å². The van der Waals surface area contributed by atoms with Gasteiger partial charge < -0.3 is 20.3 Å². The van der Waals surface area contributed by atoms with Crippen LogP contribution in [0.25, 0.3) is 0 Å². The molecule has 0 atom stereocenters. The van der Waals surface area contributed by atoms with Crippen LogP contribution in [0, 0.1) is 0 Å². The van der Waals surface area contributed by atoms with Gasteiger partial charge in [-0.1, -0.05) is 0 Å². The van der Waals surface area contributed by atoms with Crippen LogP contribution in [0.3, 0.4) is 0 Å². The average Bonchev–Trinajstić information content (AvgIpc) is 2.45. The summed E-state index contributed by atoms with van der Waals surface area (Å²) in [5, 5.41) is 5.92. The molecule has 1 aromatic carbocycles. The monoisotopic (exact) mass is 291 g/mol. The number of carbonyl (C=O) groups excluding carboxylic acids is 2. The van der Waals surface area contributed by atoms with Crippen molar-refractivity contribution in [2.24, 2.45) is 0 Å². The molecule has 114 valence electrons. The largest absolute Gasteiger partial charge is 0.497 e. The summed E-state index contributed by atoms with van der Waals surface area (Å²) in [5.41, 5.74) is 0.0705. The molecule has 0 spiro atoms. The Morgan fingerprint density at radius 1 is 1.38 bits per heavy atom. The summed E-state index contributed by atoms with van der Waals surface area (Å²) in [6.07, 6.45) is 0. The van der Waals surface area contributed by atoms with Crippen molar-refractivity contribution in [3.8, 4) is 5.75 Å². The second-order valence-electron chi connectivity index (χ2n) is 5.56. The number of piperazine rings is 1. The van der Waals surface area contributed by atoms with Crippen LogP contribution in [0.5, 0.6) is 5.75 Å². The van der Waals surface area contributed by atoms with Crippen LogP contribution in [-0.2, 0) is 9.59 Å². The third-order valence-corrected chi connectivity index (χ3v) is 3.48. The lowest BCUT2D eigenvalue weighted by atomic mass is 10.0. The Morgan fingerprint density at radius 3 is 2.67 bits per heavy atom. The minimum atomic E-state index is -0.612. The van der Waals surface area contributed by atoms with Crippen molar-refractivity contribution in [1.82, 2.24) is 10.2 Å². The number of carbonyl (C=O) groups is 2. The maximum atomic E-state index is 12.2. The van der Waals surface area contributed by atoms with Crippen LogP contribution in [0.2, 0.25) is 0 Å². The first-order valence-electron chi connectivity index (χ1n) is 6.91. The molecule has 1 aliphatic rings. The quantitative estimate of drug-likeness (QED) is 0.862. The Morgan fingerprint density at radius 2 is 2.05 bits per heavy atom. The number of hydrogen-bond donors (Lipinski definition) is 2. The second-order valence-corrected chi connectivity index (χ2v) is 5.56. The van der Waals surface area contributed by atoms with Crippen LogP contribution in [0.15, 0.2) is 24.3 Å². The fourth-order valence-electron chi connectivity index (χ4n) is 2.27. The molecule has 0 saturated carbocycles. The Bertz CT molecular complexity index is 525. The summed E-state index contributed by atoms with van der Waals surface area (Å²) < 4.78 is 5.06. The molecule has 1 aliphatic heterocycles. The highest BCUT2D eigenvalue weighted by molar-refractivity contribution is 5.96. The summed E-state index contributed by atoms with van der Waals surface area (Å²) in [7, 11) is 1.59. The predicted octanol–water partition coefficient (Wildman–Crippen LogP) is 0.844. The molecule has 2 amide bonds. The fraction of sp³-hybridized carbons (Fsp3) is 0.467. The average molecular weight is 291 g/mol. The highest BCUT2D eigenvalue weighted by atomic mass is 16.5. The molecule has 2 N–H and O–H groups in total. The predicted molar refractivity (Wildman–Crippen MR) is 80.3 cm³/mol. The molecule has 0 aromatic heterocycles. The van der Waals surface area contributed by atoms with Crippen molar-refractivity contribution in [1.29, 1.82) is 0 Å². The first-order valence-corrected chi connectivity index (χ1v) is 6.91. The van der Waals surface area contributed by atoms with Gasteiger partial charge in [-0.3, -0.25) is 9.59 Å². The number of nitrogens with zero attached hydrogens (tertiary/aromatic N) is 1. The molecule has 6 heteroatoms. The van der Waals surface area contributed by atoms with Crippen molar-refractivity contribution in [2.75, 3.05) is 32.1 Å². The van der Waals surface area contributed by atoms with Gasteiger partial charge in [0.15, 0.2) is 0 Å². The number of rotatable bonds is 4. The topological polar surface area (TPSA) is 70.7 Å². The molecule has 0 aliphatic carbocycles. The van der Waals surface area contributed by atoms with E-state index in [1.54, 1.807) is 36.3 Å². The van der Waals surface area contributed by atoms with Gasteiger partial charge in [0.25, 0.3) is 0 Å². The molecular weight excluding hydrogens is 270 g/mol. The molecule has 6 nitrogen and oxygen atoms in total. The lowest BCUT2D eigenvalue weighted by molar-refractivity contribution is -0.142. The van der Waals surface area contributed by atoms with E-state index in [1.165, 1.54) is 0 Å². The van der Waals surface area contributed by atoms with Crippen molar-refractivity contribution in [2.45, 2.75) is 19.4 Å². The van der Waals surface area contributed by atoms with Crippen LogP contribution < -0.4 is 15.4 Å². The molecule has 1 aromatic rings. The van der Waals surface area contributed by atoms with E-state index in [4.69, 9.17) is 4.74 Å². The van der Waals surface area contributed by atoms with Gasteiger partial charge in [-0.15, -0.1) is 0 Å². The number of anilines is 1. The van der Waals surface area contributed by atoms with E-state index >= 15 is 0 Å². The van der Waals surface area contributed by atoms with Crippen molar-refractivity contribution < 1.29 is 14.3 Å². The summed E-state index contributed by atoms with van der Waals surface area (Å²) in [4.78, 5) is 25.8. The first kappa shape index (κ1) is 15.3. The highest BCUT2D eigenvalue weighted by Gasteiger charge is 2.35. The van der Waals surface area contributed by atoms with E-state index in [0.29, 0.717) is 18.8 Å². The maximum absolute atomic E-state index is 12.2. The Kier molecular flexibility index (Phi) is 4.47. The van der Waals surface area contributed by atoms with E-state index in [9.17, 15) is 9.59 Å². The highest BCUT2D eigenvalue weighted by Crippen LogP contribution is 2.16. The number of benzene rings is 1. The van der Waals surface area contributed by atoms with Crippen molar-refractivity contribution in [3.63, 3.8) is 0 Å². The Labute approximate surface area is 124 Å². The van der Waals surface area contributed by atoms with Crippen molar-refractivity contribution >= 4 is 17.5 Å². The van der Waals surface area contributed by atoms with E-state index < -0.39 is 5.54 Å².